The smallest absolute Gasteiger partial charge is 0.434 e. The normalized spacial score (nSPS) is 15.1. The molecule has 1 aromatic heterocycles. The van der Waals surface area contributed by atoms with Crippen molar-refractivity contribution >= 4 is 41.3 Å². The summed E-state index contributed by atoms with van der Waals surface area (Å²) in [5.74, 6) is 1.93. The minimum Gasteiger partial charge on any atom is -0.488 e. The highest BCUT2D eigenvalue weighted by Crippen LogP contribution is 2.41. The van der Waals surface area contributed by atoms with Crippen molar-refractivity contribution in [2.75, 3.05) is 20.2 Å². The summed E-state index contributed by atoms with van der Waals surface area (Å²) >= 11 is 0.951. The van der Waals surface area contributed by atoms with Crippen LogP contribution in [0.3, 0.4) is 0 Å². The van der Waals surface area contributed by atoms with E-state index in [-0.39, 0.29) is 36.1 Å². The molecule has 30 heavy (non-hydrogen) atoms. The van der Waals surface area contributed by atoms with Gasteiger partial charge in [-0.25, -0.2) is 4.98 Å². The molecule has 2 N–H and O–H groups in total. The minimum absolute atomic E-state index is 0. The van der Waals surface area contributed by atoms with E-state index in [9.17, 15) is 13.2 Å². The quantitative estimate of drug-likeness (QED) is 0.241. The Morgan fingerprint density at radius 1 is 1.33 bits per heavy atom. The Labute approximate surface area is 194 Å². The van der Waals surface area contributed by atoms with E-state index < -0.39 is 11.9 Å². The van der Waals surface area contributed by atoms with Crippen LogP contribution in [0.25, 0.3) is 0 Å². The van der Waals surface area contributed by atoms with E-state index in [1.54, 1.807) is 7.05 Å². The van der Waals surface area contributed by atoms with Crippen molar-refractivity contribution in [3.8, 4) is 11.5 Å². The average molecular weight is 556 g/mol. The van der Waals surface area contributed by atoms with E-state index in [4.69, 9.17) is 9.47 Å². The molecule has 2 aromatic rings. The summed E-state index contributed by atoms with van der Waals surface area (Å²) in [7, 11) is 1.58. The molecule has 2 heterocycles. The fourth-order valence-corrected chi connectivity index (χ4v) is 3.67. The molecular formula is C19H24F3IN4O2S. The van der Waals surface area contributed by atoms with Gasteiger partial charge >= 0.3 is 6.18 Å². The summed E-state index contributed by atoms with van der Waals surface area (Å²) in [5, 5.41) is 7.33. The number of rotatable bonds is 6. The number of nitrogens with zero attached hydrogens (tertiary/aromatic N) is 2. The maximum atomic E-state index is 12.6. The van der Waals surface area contributed by atoms with Crippen LogP contribution in [-0.2, 0) is 19.1 Å². The van der Waals surface area contributed by atoms with E-state index in [1.807, 2.05) is 32.0 Å². The van der Waals surface area contributed by atoms with Gasteiger partial charge in [0.15, 0.2) is 23.2 Å². The summed E-state index contributed by atoms with van der Waals surface area (Å²) in [6.07, 6.45) is -3.59. The molecule has 0 spiro atoms. The summed E-state index contributed by atoms with van der Waals surface area (Å²) < 4.78 is 49.6. The monoisotopic (exact) mass is 556 g/mol. The third-order valence-electron chi connectivity index (χ3n) is 4.18. The second-order valence-corrected chi connectivity index (χ2v) is 8.05. The Morgan fingerprint density at radius 3 is 2.77 bits per heavy atom. The molecule has 1 aliphatic rings. The van der Waals surface area contributed by atoms with Crippen LogP contribution in [0, 0.1) is 0 Å². The molecule has 1 aliphatic heterocycles. The molecule has 3 rings (SSSR count). The SMILES string of the molecule is CN=C(NCCOc1cccc2c1OC(C)(C)C2)NCc1nc(C(F)(F)F)cs1.I. The van der Waals surface area contributed by atoms with Gasteiger partial charge in [-0.15, -0.1) is 35.3 Å². The van der Waals surface area contributed by atoms with Gasteiger partial charge in [0.25, 0.3) is 0 Å². The summed E-state index contributed by atoms with van der Waals surface area (Å²) in [6.45, 7) is 5.05. The first-order chi connectivity index (χ1) is 13.7. The summed E-state index contributed by atoms with van der Waals surface area (Å²) in [5.41, 5.74) is 0.00409. The lowest BCUT2D eigenvalue weighted by atomic mass is 10.0. The van der Waals surface area contributed by atoms with Crippen molar-refractivity contribution in [3.05, 3.63) is 39.8 Å². The number of nitrogens with one attached hydrogen (secondary N) is 2. The molecule has 6 nitrogen and oxygen atoms in total. The van der Waals surface area contributed by atoms with E-state index in [1.165, 1.54) is 0 Å². The molecule has 0 radical (unpaired) electrons. The second kappa shape index (κ2) is 10.0. The second-order valence-electron chi connectivity index (χ2n) is 7.11. The van der Waals surface area contributed by atoms with Crippen molar-refractivity contribution in [2.45, 2.75) is 38.6 Å². The predicted octanol–water partition coefficient (Wildman–Crippen LogP) is 4.24. The van der Waals surface area contributed by atoms with E-state index in [0.717, 1.165) is 34.5 Å². The number of fused-ring (bicyclic) bond motifs is 1. The van der Waals surface area contributed by atoms with E-state index >= 15 is 0 Å². The molecule has 0 amide bonds. The third kappa shape index (κ3) is 6.37. The number of guanidine groups is 1. The van der Waals surface area contributed by atoms with Gasteiger partial charge in [0.05, 0.1) is 13.1 Å². The van der Waals surface area contributed by atoms with Crippen LogP contribution >= 0.6 is 35.3 Å². The third-order valence-corrected chi connectivity index (χ3v) is 5.03. The van der Waals surface area contributed by atoms with Crippen LogP contribution in [0.1, 0.15) is 30.1 Å². The van der Waals surface area contributed by atoms with Gasteiger partial charge < -0.3 is 20.1 Å². The van der Waals surface area contributed by atoms with E-state index in [2.05, 4.69) is 20.6 Å². The number of thiazole rings is 1. The van der Waals surface area contributed by atoms with Gasteiger partial charge in [-0.05, 0) is 19.9 Å². The number of hydrogen-bond acceptors (Lipinski definition) is 5. The molecule has 1 aromatic carbocycles. The maximum Gasteiger partial charge on any atom is 0.434 e. The van der Waals surface area contributed by atoms with E-state index in [0.29, 0.717) is 29.9 Å². The highest BCUT2D eigenvalue weighted by atomic mass is 127. The van der Waals surface area contributed by atoms with Gasteiger partial charge in [0, 0.05) is 24.4 Å². The molecule has 11 heteroatoms. The standard InChI is InChI=1S/C19H23F3N4O2S.HI/c1-18(2)9-12-5-4-6-13(16(12)28-18)27-8-7-24-17(23-3)25-10-15-26-14(11-29-15)19(20,21)22;/h4-6,11H,7-10H2,1-3H3,(H2,23,24,25);1H. The Balaban J connectivity index is 0.00000320. The molecule has 0 unspecified atom stereocenters. The Bertz CT molecular complexity index is 887. The lowest BCUT2D eigenvalue weighted by Crippen LogP contribution is -2.38. The van der Waals surface area contributed by atoms with Crippen LogP contribution in [0.5, 0.6) is 11.5 Å². The van der Waals surface area contributed by atoms with Crippen LogP contribution in [0.2, 0.25) is 0 Å². The molecule has 0 saturated carbocycles. The molecule has 0 aliphatic carbocycles. The van der Waals surface area contributed by atoms with Gasteiger partial charge in [0.1, 0.15) is 17.2 Å². The van der Waals surface area contributed by atoms with Gasteiger partial charge in [-0.2, -0.15) is 13.2 Å². The Kier molecular flexibility index (Phi) is 8.20. The number of aromatic nitrogens is 1. The molecule has 0 saturated heterocycles. The molecule has 0 atom stereocenters. The van der Waals surface area contributed by atoms with Crippen molar-refractivity contribution in [1.29, 1.82) is 0 Å². The highest BCUT2D eigenvalue weighted by Gasteiger charge is 2.34. The number of aliphatic imine (C=N–C) groups is 1. The first-order valence-electron chi connectivity index (χ1n) is 9.08. The minimum atomic E-state index is -4.43. The topological polar surface area (TPSA) is 67.8 Å². The molecule has 0 bridgehead atoms. The van der Waals surface area contributed by atoms with Gasteiger partial charge in [-0.1, -0.05) is 12.1 Å². The van der Waals surface area contributed by atoms with Crippen LogP contribution in [0.4, 0.5) is 13.2 Å². The number of benzene rings is 1. The highest BCUT2D eigenvalue weighted by molar-refractivity contribution is 14.0. The largest absolute Gasteiger partial charge is 0.488 e. The fourth-order valence-electron chi connectivity index (χ4n) is 2.93. The first-order valence-corrected chi connectivity index (χ1v) is 9.96. The van der Waals surface area contributed by atoms with Crippen molar-refractivity contribution in [1.82, 2.24) is 15.6 Å². The van der Waals surface area contributed by atoms with Crippen LogP contribution in [-0.4, -0.2) is 36.7 Å². The lowest BCUT2D eigenvalue weighted by molar-refractivity contribution is -0.140. The zero-order chi connectivity index (χ0) is 21.1. The number of alkyl halides is 3. The maximum absolute atomic E-state index is 12.6. The van der Waals surface area contributed by atoms with Crippen LogP contribution in [0.15, 0.2) is 28.6 Å². The number of hydrogen-bond donors (Lipinski definition) is 2. The predicted molar refractivity (Wildman–Crippen MR) is 121 cm³/mol. The molecular weight excluding hydrogens is 532 g/mol. The first kappa shape index (κ1) is 24.5. The van der Waals surface area contributed by atoms with Gasteiger partial charge in [-0.3, -0.25) is 4.99 Å². The number of ether oxygens (including phenoxy) is 2. The molecule has 166 valence electrons. The Morgan fingerprint density at radius 2 is 2.10 bits per heavy atom. The Hall–Kier alpha value is -1.76. The zero-order valence-corrected chi connectivity index (χ0v) is 19.9. The summed E-state index contributed by atoms with van der Waals surface area (Å²) in [4.78, 5) is 7.63. The lowest BCUT2D eigenvalue weighted by Gasteiger charge is -2.18. The number of halogens is 4. The number of para-hydroxylation sites is 1. The van der Waals surface area contributed by atoms with Gasteiger partial charge in [0.2, 0.25) is 0 Å². The summed E-state index contributed by atoms with van der Waals surface area (Å²) in [6, 6.07) is 5.84. The molecule has 0 fully saturated rings. The average Bonchev–Trinajstić information content (AvgIpc) is 3.24. The fraction of sp³-hybridized carbons (Fsp3) is 0.474. The van der Waals surface area contributed by atoms with Crippen molar-refractivity contribution in [2.24, 2.45) is 4.99 Å². The zero-order valence-electron chi connectivity index (χ0n) is 16.8. The van der Waals surface area contributed by atoms with Crippen molar-refractivity contribution in [3.63, 3.8) is 0 Å². The van der Waals surface area contributed by atoms with Crippen molar-refractivity contribution < 1.29 is 22.6 Å². The van der Waals surface area contributed by atoms with Crippen LogP contribution < -0.4 is 20.1 Å².